The zero-order chi connectivity index (χ0) is 22.7. The number of nitrogens with one attached hydrogen (secondary N) is 1. The van der Waals surface area contributed by atoms with Crippen molar-refractivity contribution in [1.82, 2.24) is 5.32 Å². The number of benzene rings is 1. The fourth-order valence-corrected chi connectivity index (χ4v) is 2.63. The highest BCUT2D eigenvalue weighted by Gasteiger charge is 2.26. The van der Waals surface area contributed by atoms with Crippen LogP contribution in [0.1, 0.15) is 53.0 Å². The van der Waals surface area contributed by atoms with Gasteiger partial charge >= 0.3 is 12.1 Å². The van der Waals surface area contributed by atoms with Gasteiger partial charge in [0.15, 0.2) is 5.90 Å². The first-order valence-corrected chi connectivity index (χ1v) is 10.1. The SMILES string of the molecule is CC(C)C[C@H](CO)N=C(C[C@H](NC(=O)OC(C)(C)C)C(=O)O)OCc1ccccc1. The molecule has 1 aromatic carbocycles. The number of hydrogen-bond acceptors (Lipinski definition) is 6. The zero-order valence-corrected chi connectivity index (χ0v) is 18.4. The van der Waals surface area contributed by atoms with Gasteiger partial charge in [0, 0.05) is 0 Å². The molecule has 0 aliphatic carbocycles. The average Bonchev–Trinajstić information content (AvgIpc) is 2.63. The number of alkyl carbamates (subject to hydrolysis) is 1. The summed E-state index contributed by atoms with van der Waals surface area (Å²) in [5.74, 6) is -0.792. The summed E-state index contributed by atoms with van der Waals surface area (Å²) in [5, 5.41) is 21.6. The van der Waals surface area contributed by atoms with E-state index in [4.69, 9.17) is 9.47 Å². The summed E-state index contributed by atoms with van der Waals surface area (Å²) >= 11 is 0. The lowest BCUT2D eigenvalue weighted by Gasteiger charge is -2.23. The third-order valence-electron chi connectivity index (χ3n) is 3.90. The van der Waals surface area contributed by atoms with Gasteiger partial charge in [0.2, 0.25) is 0 Å². The number of nitrogens with zero attached hydrogens (tertiary/aromatic N) is 1. The van der Waals surface area contributed by atoms with Crippen molar-refractivity contribution in [3.63, 3.8) is 0 Å². The summed E-state index contributed by atoms with van der Waals surface area (Å²) in [5.41, 5.74) is 0.134. The molecule has 0 radical (unpaired) electrons. The molecule has 0 fully saturated rings. The van der Waals surface area contributed by atoms with Crippen LogP contribution in [0, 0.1) is 5.92 Å². The number of carboxylic acid groups (broad SMARTS) is 1. The van der Waals surface area contributed by atoms with Crippen LogP contribution in [0.5, 0.6) is 0 Å². The summed E-state index contributed by atoms with van der Waals surface area (Å²) in [6.07, 6.45) is -0.389. The molecule has 1 aromatic rings. The molecule has 3 N–H and O–H groups in total. The number of ether oxygens (including phenoxy) is 2. The maximum atomic E-state index is 12.0. The summed E-state index contributed by atoms with van der Waals surface area (Å²) in [7, 11) is 0. The Labute approximate surface area is 178 Å². The summed E-state index contributed by atoms with van der Waals surface area (Å²) in [6.45, 7) is 9.09. The van der Waals surface area contributed by atoms with E-state index in [0.29, 0.717) is 6.42 Å². The standard InChI is InChI=1S/C22H34N2O6/c1-15(2)11-17(13-25)23-19(29-14-16-9-7-6-8-10-16)12-18(20(26)27)24-21(28)30-22(3,4)5/h6-10,15,17-18,25H,11-14H2,1-5H3,(H,24,28)(H,26,27)/t17-,18+/m1/s1. The summed E-state index contributed by atoms with van der Waals surface area (Å²) < 4.78 is 10.9. The Bertz CT molecular complexity index is 697. The van der Waals surface area contributed by atoms with Gasteiger partial charge in [0.1, 0.15) is 18.2 Å². The highest BCUT2D eigenvalue weighted by Crippen LogP contribution is 2.12. The molecular weight excluding hydrogens is 388 g/mol. The van der Waals surface area contributed by atoms with Crippen LogP contribution in [0.3, 0.4) is 0 Å². The molecule has 2 atom stereocenters. The summed E-state index contributed by atoms with van der Waals surface area (Å²) in [6, 6.07) is 7.67. The second-order valence-electron chi connectivity index (χ2n) is 8.50. The first-order chi connectivity index (χ1) is 14.0. The van der Waals surface area contributed by atoms with Gasteiger partial charge in [-0.25, -0.2) is 14.6 Å². The lowest BCUT2D eigenvalue weighted by Crippen LogP contribution is -2.45. The van der Waals surface area contributed by atoms with Crippen molar-refractivity contribution in [3.05, 3.63) is 35.9 Å². The molecule has 0 aliphatic rings. The zero-order valence-electron chi connectivity index (χ0n) is 18.4. The molecule has 0 saturated heterocycles. The molecule has 0 bridgehead atoms. The highest BCUT2D eigenvalue weighted by molar-refractivity contribution is 5.87. The number of carbonyl (C=O) groups is 2. The number of rotatable bonds is 10. The molecule has 8 nitrogen and oxygen atoms in total. The van der Waals surface area contributed by atoms with E-state index >= 15 is 0 Å². The Morgan fingerprint density at radius 1 is 1.17 bits per heavy atom. The third-order valence-corrected chi connectivity index (χ3v) is 3.90. The molecule has 1 rings (SSSR count). The Kier molecular flexibility index (Phi) is 10.3. The Morgan fingerprint density at radius 3 is 2.30 bits per heavy atom. The first kappa shape index (κ1) is 25.4. The van der Waals surface area contributed by atoms with Crippen molar-refractivity contribution in [1.29, 1.82) is 0 Å². The minimum absolute atomic E-state index is 0.155. The number of carbonyl (C=O) groups excluding carboxylic acids is 1. The van der Waals surface area contributed by atoms with Gasteiger partial charge in [-0.1, -0.05) is 44.2 Å². The van der Waals surface area contributed by atoms with E-state index in [0.717, 1.165) is 5.56 Å². The lowest BCUT2D eigenvalue weighted by molar-refractivity contribution is -0.139. The van der Waals surface area contributed by atoms with E-state index in [9.17, 15) is 19.8 Å². The Morgan fingerprint density at radius 2 is 1.80 bits per heavy atom. The maximum absolute atomic E-state index is 12.0. The quantitative estimate of drug-likeness (QED) is 0.393. The van der Waals surface area contributed by atoms with Crippen molar-refractivity contribution in [2.75, 3.05) is 6.61 Å². The molecule has 0 aromatic heterocycles. The van der Waals surface area contributed by atoms with Gasteiger partial charge in [0.25, 0.3) is 0 Å². The van der Waals surface area contributed by atoms with E-state index in [2.05, 4.69) is 10.3 Å². The number of carboxylic acids is 1. The predicted octanol–water partition coefficient (Wildman–Crippen LogP) is 3.38. The molecule has 0 spiro atoms. The molecule has 0 heterocycles. The van der Waals surface area contributed by atoms with Crippen LogP contribution in [0.25, 0.3) is 0 Å². The van der Waals surface area contributed by atoms with E-state index < -0.39 is 29.7 Å². The molecule has 30 heavy (non-hydrogen) atoms. The van der Waals surface area contributed by atoms with Crippen molar-refractivity contribution in [2.24, 2.45) is 10.9 Å². The molecular formula is C22H34N2O6. The van der Waals surface area contributed by atoms with Crippen LogP contribution < -0.4 is 5.32 Å². The second kappa shape index (κ2) is 12.2. The molecule has 168 valence electrons. The normalized spacial score (nSPS) is 14.2. The molecule has 1 amide bonds. The second-order valence-corrected chi connectivity index (χ2v) is 8.50. The van der Waals surface area contributed by atoms with Crippen molar-refractivity contribution in [3.8, 4) is 0 Å². The number of aliphatic hydroxyl groups excluding tert-OH is 1. The van der Waals surface area contributed by atoms with E-state index in [1.165, 1.54) is 0 Å². The Hall–Kier alpha value is -2.61. The largest absolute Gasteiger partial charge is 0.480 e. The number of aliphatic carboxylic acids is 1. The smallest absolute Gasteiger partial charge is 0.408 e. The third kappa shape index (κ3) is 10.8. The van der Waals surface area contributed by atoms with Crippen LogP contribution in [0.15, 0.2) is 35.3 Å². The van der Waals surface area contributed by atoms with Crippen LogP contribution in [0.4, 0.5) is 4.79 Å². The lowest BCUT2D eigenvalue weighted by atomic mass is 10.0. The molecule has 8 heteroatoms. The van der Waals surface area contributed by atoms with Gasteiger partial charge in [-0.05, 0) is 38.7 Å². The van der Waals surface area contributed by atoms with Gasteiger partial charge in [-0.15, -0.1) is 0 Å². The van der Waals surface area contributed by atoms with Gasteiger partial charge < -0.3 is 25.0 Å². The van der Waals surface area contributed by atoms with E-state index in [-0.39, 0.29) is 31.5 Å². The van der Waals surface area contributed by atoms with Crippen molar-refractivity contribution in [2.45, 2.75) is 71.8 Å². The minimum Gasteiger partial charge on any atom is -0.480 e. The number of aliphatic hydroxyl groups is 1. The topological polar surface area (TPSA) is 117 Å². The van der Waals surface area contributed by atoms with Gasteiger partial charge in [-0.2, -0.15) is 0 Å². The molecule has 0 saturated carbocycles. The van der Waals surface area contributed by atoms with Crippen LogP contribution >= 0.6 is 0 Å². The van der Waals surface area contributed by atoms with Gasteiger partial charge in [0.05, 0.1) is 19.1 Å². The van der Waals surface area contributed by atoms with Crippen molar-refractivity contribution >= 4 is 18.0 Å². The number of hydrogen-bond donors (Lipinski definition) is 3. The molecule has 0 aliphatic heterocycles. The number of aliphatic imine (C=N–C) groups is 1. The average molecular weight is 423 g/mol. The fraction of sp³-hybridized carbons (Fsp3) is 0.591. The number of amides is 1. The van der Waals surface area contributed by atoms with Crippen LogP contribution in [-0.2, 0) is 20.9 Å². The fourth-order valence-electron chi connectivity index (χ4n) is 2.63. The monoisotopic (exact) mass is 422 g/mol. The maximum Gasteiger partial charge on any atom is 0.408 e. The molecule has 0 unspecified atom stereocenters. The van der Waals surface area contributed by atoms with Gasteiger partial charge in [-0.3, -0.25) is 0 Å². The van der Waals surface area contributed by atoms with Crippen LogP contribution in [-0.4, -0.2) is 52.5 Å². The minimum atomic E-state index is -1.28. The highest BCUT2D eigenvalue weighted by atomic mass is 16.6. The first-order valence-electron chi connectivity index (χ1n) is 10.1. The van der Waals surface area contributed by atoms with Crippen molar-refractivity contribution < 1.29 is 29.3 Å². The van der Waals surface area contributed by atoms with E-state index in [1.807, 2.05) is 44.2 Å². The predicted molar refractivity (Wildman–Crippen MR) is 114 cm³/mol. The Balaban J connectivity index is 2.98. The summed E-state index contributed by atoms with van der Waals surface area (Å²) in [4.78, 5) is 28.2. The van der Waals surface area contributed by atoms with Crippen LogP contribution in [0.2, 0.25) is 0 Å². The van der Waals surface area contributed by atoms with E-state index in [1.54, 1.807) is 20.8 Å².